The number of ether oxygens (including phenoxy) is 1. The Labute approximate surface area is 260 Å². The van der Waals surface area contributed by atoms with Crippen molar-refractivity contribution in [2.75, 3.05) is 36.4 Å². The third-order valence-corrected chi connectivity index (χ3v) is 8.18. The zero-order valence-electron chi connectivity index (χ0n) is 24.5. The molecule has 1 saturated carbocycles. The first-order chi connectivity index (χ1) is 21.8. The summed E-state index contributed by atoms with van der Waals surface area (Å²) in [6.45, 7) is 2.01. The number of carbonyl (C=O) groups excluding carboxylic acids is 1. The highest BCUT2D eigenvalue weighted by Gasteiger charge is 2.38. The van der Waals surface area contributed by atoms with Crippen LogP contribution in [-0.2, 0) is 23.6 Å². The normalized spacial score (nSPS) is 19.1. The fourth-order valence-electron chi connectivity index (χ4n) is 5.72. The van der Waals surface area contributed by atoms with Crippen molar-refractivity contribution in [3.63, 3.8) is 0 Å². The predicted octanol–water partition coefficient (Wildman–Crippen LogP) is 6.72. The molecule has 1 aliphatic heterocycles. The van der Waals surface area contributed by atoms with Crippen LogP contribution < -0.4 is 15.0 Å². The Hall–Kier alpha value is -4.56. The number of rotatable bonds is 8. The van der Waals surface area contributed by atoms with Gasteiger partial charge in [0, 0.05) is 61.9 Å². The van der Waals surface area contributed by atoms with Gasteiger partial charge in [-0.2, -0.15) is 26.3 Å². The van der Waals surface area contributed by atoms with Crippen molar-refractivity contribution in [1.29, 1.82) is 0 Å². The van der Waals surface area contributed by atoms with Crippen LogP contribution in [0, 0.1) is 10.1 Å². The van der Waals surface area contributed by atoms with Crippen LogP contribution in [0.15, 0.2) is 60.8 Å². The summed E-state index contributed by atoms with van der Waals surface area (Å²) >= 11 is 0. The van der Waals surface area contributed by atoms with E-state index in [-0.39, 0.29) is 30.2 Å². The standard InChI is InChI=1S/C31H31F6N5O4/c32-30(33,34)21-3-1-20(2-4-21)17-29(43)41-15-13-40(14-16-41)24-11-12-38-28(19-24)46-25-8-5-22(6-9-25)39-23-7-10-27(42(44)45)26(18-23)31(35,36)37/h1-4,7,10-12,18-19,22,25,39H,5-6,8-9,13-17H2/t22-,25-. The van der Waals surface area contributed by atoms with Gasteiger partial charge in [0.25, 0.3) is 5.69 Å². The van der Waals surface area contributed by atoms with Gasteiger partial charge in [-0.25, -0.2) is 4.98 Å². The Balaban J connectivity index is 1.09. The summed E-state index contributed by atoms with van der Waals surface area (Å²) in [6.07, 6.45) is -5.29. The molecule has 2 aliphatic rings. The summed E-state index contributed by atoms with van der Waals surface area (Å²) < 4.78 is 84.5. The Morgan fingerprint density at radius 1 is 0.913 bits per heavy atom. The molecule has 0 radical (unpaired) electrons. The van der Waals surface area contributed by atoms with E-state index in [1.807, 2.05) is 12.1 Å². The number of piperazine rings is 1. The molecule has 0 unspecified atom stereocenters. The van der Waals surface area contributed by atoms with Crippen LogP contribution in [0.2, 0.25) is 0 Å². The number of nitrogens with one attached hydrogen (secondary N) is 1. The SMILES string of the molecule is O=C(Cc1ccc(C(F)(F)F)cc1)N1CCN(c2ccnc(O[C@H]3CC[C@H](Nc4ccc([N+](=O)[O-])c(C(F)(F)F)c4)CC3)c2)CC1. The van der Waals surface area contributed by atoms with Crippen molar-refractivity contribution in [2.24, 2.45) is 0 Å². The lowest BCUT2D eigenvalue weighted by molar-refractivity contribution is -0.388. The van der Waals surface area contributed by atoms with Crippen LogP contribution >= 0.6 is 0 Å². The number of amides is 1. The van der Waals surface area contributed by atoms with Crippen molar-refractivity contribution < 1.29 is 40.8 Å². The van der Waals surface area contributed by atoms with Crippen molar-refractivity contribution in [1.82, 2.24) is 9.88 Å². The van der Waals surface area contributed by atoms with E-state index < -0.39 is 34.1 Å². The van der Waals surface area contributed by atoms with Crippen molar-refractivity contribution in [3.05, 3.63) is 87.6 Å². The predicted molar refractivity (Wildman–Crippen MR) is 157 cm³/mol. The lowest BCUT2D eigenvalue weighted by atomic mass is 9.92. The number of hydrogen-bond acceptors (Lipinski definition) is 7. The quantitative estimate of drug-likeness (QED) is 0.164. The topological polar surface area (TPSA) is 101 Å². The third kappa shape index (κ3) is 8.17. The zero-order chi connectivity index (χ0) is 33.1. The van der Waals surface area contributed by atoms with Crippen molar-refractivity contribution in [2.45, 2.75) is 56.6 Å². The molecule has 0 spiro atoms. The summed E-state index contributed by atoms with van der Waals surface area (Å²) in [5.41, 5.74) is -1.49. The molecule has 0 atom stereocenters. The second kappa shape index (κ2) is 13.4. The number of halogens is 6. The van der Waals surface area contributed by atoms with Crippen LogP contribution in [0.5, 0.6) is 5.88 Å². The molecule has 3 aromatic rings. The maximum Gasteiger partial charge on any atom is 0.423 e. The molecule has 1 aliphatic carbocycles. The second-order valence-corrected chi connectivity index (χ2v) is 11.3. The molecular weight excluding hydrogens is 620 g/mol. The van der Waals surface area contributed by atoms with E-state index in [9.17, 15) is 41.3 Å². The van der Waals surface area contributed by atoms with Gasteiger partial charge in [0.05, 0.1) is 16.9 Å². The summed E-state index contributed by atoms with van der Waals surface area (Å²) in [5, 5.41) is 14.1. The van der Waals surface area contributed by atoms with Gasteiger partial charge < -0.3 is 19.9 Å². The van der Waals surface area contributed by atoms with E-state index >= 15 is 0 Å². The molecule has 2 heterocycles. The van der Waals surface area contributed by atoms with Gasteiger partial charge in [-0.3, -0.25) is 14.9 Å². The summed E-state index contributed by atoms with van der Waals surface area (Å²) in [6, 6.07) is 11.0. The van der Waals surface area contributed by atoms with Gasteiger partial charge in [0.2, 0.25) is 11.8 Å². The van der Waals surface area contributed by atoms with Gasteiger partial charge in [-0.15, -0.1) is 0 Å². The maximum absolute atomic E-state index is 13.3. The lowest BCUT2D eigenvalue weighted by Gasteiger charge is -2.36. The monoisotopic (exact) mass is 651 g/mol. The molecule has 1 amide bonds. The van der Waals surface area contributed by atoms with E-state index in [2.05, 4.69) is 15.2 Å². The Morgan fingerprint density at radius 2 is 1.59 bits per heavy atom. The highest BCUT2D eigenvalue weighted by molar-refractivity contribution is 5.79. The highest BCUT2D eigenvalue weighted by atomic mass is 19.4. The van der Waals surface area contributed by atoms with E-state index in [1.165, 1.54) is 18.2 Å². The molecule has 9 nitrogen and oxygen atoms in total. The van der Waals surface area contributed by atoms with E-state index in [4.69, 9.17) is 4.74 Å². The van der Waals surface area contributed by atoms with Crippen LogP contribution in [-0.4, -0.2) is 59.0 Å². The first-order valence-corrected chi connectivity index (χ1v) is 14.7. The largest absolute Gasteiger partial charge is 0.474 e. The fourth-order valence-corrected chi connectivity index (χ4v) is 5.72. The van der Waals surface area contributed by atoms with Gasteiger partial charge in [0.15, 0.2) is 0 Å². The lowest BCUT2D eigenvalue weighted by Crippen LogP contribution is -2.49. The number of anilines is 2. The smallest absolute Gasteiger partial charge is 0.423 e. The number of hydrogen-bond donors (Lipinski definition) is 1. The van der Waals surface area contributed by atoms with Crippen LogP contribution in [0.4, 0.5) is 43.4 Å². The molecule has 46 heavy (non-hydrogen) atoms. The number of alkyl halides is 6. The summed E-state index contributed by atoms with van der Waals surface area (Å²) in [4.78, 5) is 30.8. The van der Waals surface area contributed by atoms with Crippen LogP contribution in [0.1, 0.15) is 42.4 Å². The summed E-state index contributed by atoms with van der Waals surface area (Å²) in [7, 11) is 0. The van der Waals surface area contributed by atoms with Crippen LogP contribution in [0.25, 0.3) is 0 Å². The number of nitro benzene ring substituents is 1. The Bertz CT molecular complexity index is 1530. The average Bonchev–Trinajstić information content (AvgIpc) is 3.01. The zero-order valence-corrected chi connectivity index (χ0v) is 24.5. The van der Waals surface area contributed by atoms with Gasteiger partial charge in [0.1, 0.15) is 11.7 Å². The molecule has 1 N–H and O–H groups in total. The number of carbonyl (C=O) groups is 1. The minimum atomic E-state index is -4.85. The second-order valence-electron chi connectivity index (χ2n) is 11.3. The Morgan fingerprint density at radius 3 is 2.20 bits per heavy atom. The first kappa shape index (κ1) is 32.8. The van der Waals surface area contributed by atoms with Crippen molar-refractivity contribution in [3.8, 4) is 5.88 Å². The van der Waals surface area contributed by atoms with Gasteiger partial charge in [-0.05, 0) is 61.6 Å². The van der Waals surface area contributed by atoms with E-state index in [0.717, 1.165) is 30.0 Å². The highest BCUT2D eigenvalue weighted by Crippen LogP contribution is 2.38. The molecule has 1 aromatic heterocycles. The Kier molecular flexibility index (Phi) is 9.58. The number of aromatic nitrogens is 1. The minimum Gasteiger partial charge on any atom is -0.474 e. The van der Waals surface area contributed by atoms with E-state index in [1.54, 1.807) is 11.1 Å². The molecule has 5 rings (SSSR count). The van der Waals surface area contributed by atoms with Gasteiger partial charge in [-0.1, -0.05) is 12.1 Å². The number of nitro groups is 1. The van der Waals surface area contributed by atoms with Crippen LogP contribution in [0.3, 0.4) is 0 Å². The number of pyridine rings is 1. The average molecular weight is 652 g/mol. The molecular formula is C31H31F6N5O4. The van der Waals surface area contributed by atoms with E-state index in [0.29, 0.717) is 63.3 Å². The maximum atomic E-state index is 13.3. The molecule has 2 aromatic carbocycles. The van der Waals surface area contributed by atoms with Gasteiger partial charge >= 0.3 is 12.4 Å². The molecule has 2 fully saturated rings. The fraction of sp³-hybridized carbons (Fsp3) is 0.419. The first-order valence-electron chi connectivity index (χ1n) is 14.7. The molecule has 246 valence electrons. The molecule has 15 heteroatoms. The minimum absolute atomic E-state index is 0.0195. The number of nitrogens with zero attached hydrogens (tertiary/aromatic N) is 4. The molecule has 1 saturated heterocycles. The molecule has 0 bridgehead atoms. The number of benzene rings is 2. The third-order valence-electron chi connectivity index (χ3n) is 8.18. The summed E-state index contributed by atoms with van der Waals surface area (Å²) in [5.74, 6) is 0.275. The van der Waals surface area contributed by atoms with Crippen molar-refractivity contribution >= 4 is 23.0 Å².